The van der Waals surface area contributed by atoms with E-state index in [0.29, 0.717) is 41.5 Å². The summed E-state index contributed by atoms with van der Waals surface area (Å²) in [5.74, 6) is 0.687. The topological polar surface area (TPSA) is 76.7 Å². The van der Waals surface area contributed by atoms with E-state index in [2.05, 4.69) is 10.6 Å². The molecule has 0 aromatic heterocycles. The monoisotopic (exact) mass is 370 g/mol. The molecule has 6 heteroatoms. The predicted octanol–water partition coefficient (Wildman–Crippen LogP) is 3.79. The van der Waals surface area contributed by atoms with E-state index in [0.717, 1.165) is 12.0 Å². The normalized spacial score (nSPS) is 10.2. The van der Waals surface area contributed by atoms with Gasteiger partial charge in [0, 0.05) is 23.9 Å². The molecule has 0 saturated carbocycles. The molecule has 0 bridgehead atoms. The van der Waals surface area contributed by atoms with Crippen LogP contribution in [0.25, 0.3) is 0 Å². The lowest BCUT2D eigenvalue weighted by molar-refractivity contribution is 0.0955. The van der Waals surface area contributed by atoms with Gasteiger partial charge in [0.2, 0.25) is 0 Å². The highest BCUT2D eigenvalue weighted by atomic mass is 16.5. The number of hydrogen-bond acceptors (Lipinski definition) is 4. The number of rotatable bonds is 8. The van der Waals surface area contributed by atoms with Crippen molar-refractivity contribution >= 4 is 17.5 Å². The Balaban J connectivity index is 2.23. The molecule has 0 radical (unpaired) electrons. The summed E-state index contributed by atoms with van der Waals surface area (Å²) < 4.78 is 10.9. The van der Waals surface area contributed by atoms with Crippen molar-refractivity contribution in [1.82, 2.24) is 5.32 Å². The van der Waals surface area contributed by atoms with E-state index in [4.69, 9.17) is 9.47 Å². The van der Waals surface area contributed by atoms with Crippen LogP contribution >= 0.6 is 0 Å². The minimum absolute atomic E-state index is 0.135. The van der Waals surface area contributed by atoms with Gasteiger partial charge < -0.3 is 20.1 Å². The number of carbonyl (C=O) groups is 2. The summed E-state index contributed by atoms with van der Waals surface area (Å²) in [6, 6.07) is 10.3. The zero-order chi connectivity index (χ0) is 19.8. The molecule has 0 heterocycles. The number of amides is 2. The van der Waals surface area contributed by atoms with Crippen LogP contribution in [0, 0.1) is 6.92 Å². The Labute approximate surface area is 159 Å². The molecule has 144 valence electrons. The van der Waals surface area contributed by atoms with Crippen molar-refractivity contribution in [3.05, 3.63) is 53.1 Å². The van der Waals surface area contributed by atoms with Crippen LogP contribution in [-0.4, -0.2) is 32.1 Å². The first-order valence-corrected chi connectivity index (χ1v) is 9.01. The summed E-state index contributed by atoms with van der Waals surface area (Å²) in [5.41, 5.74) is 2.43. The van der Waals surface area contributed by atoms with E-state index in [1.165, 1.54) is 0 Å². The molecule has 0 aliphatic rings. The number of hydrogen-bond donors (Lipinski definition) is 2. The van der Waals surface area contributed by atoms with Gasteiger partial charge >= 0.3 is 0 Å². The maximum absolute atomic E-state index is 12.8. The molecule has 0 spiro atoms. The molecular formula is C21H26N2O4. The Kier molecular flexibility index (Phi) is 7.23. The van der Waals surface area contributed by atoms with Crippen LogP contribution in [0.3, 0.4) is 0 Å². The first kappa shape index (κ1) is 20.3. The summed E-state index contributed by atoms with van der Waals surface area (Å²) in [6.07, 6.45) is 0.832. The summed E-state index contributed by atoms with van der Waals surface area (Å²) in [6.45, 7) is 6.79. The highest BCUT2D eigenvalue weighted by molar-refractivity contribution is 6.07. The van der Waals surface area contributed by atoms with Crippen LogP contribution in [0.2, 0.25) is 0 Å². The Hall–Kier alpha value is -3.02. The number of carbonyl (C=O) groups excluding carboxylic acids is 2. The summed E-state index contributed by atoms with van der Waals surface area (Å²) in [4.78, 5) is 24.7. The first-order chi connectivity index (χ1) is 13.0. The predicted molar refractivity (Wildman–Crippen MR) is 106 cm³/mol. The number of ether oxygens (including phenoxy) is 2. The third-order valence-corrected chi connectivity index (χ3v) is 3.97. The molecule has 2 aromatic rings. The Morgan fingerprint density at radius 2 is 1.81 bits per heavy atom. The van der Waals surface area contributed by atoms with Crippen molar-refractivity contribution in [2.24, 2.45) is 0 Å². The molecule has 27 heavy (non-hydrogen) atoms. The molecule has 2 amide bonds. The van der Waals surface area contributed by atoms with Crippen molar-refractivity contribution in [3.63, 3.8) is 0 Å². The van der Waals surface area contributed by atoms with Gasteiger partial charge in [-0.2, -0.15) is 0 Å². The lowest BCUT2D eigenvalue weighted by Crippen LogP contribution is -2.22. The van der Waals surface area contributed by atoms with E-state index in [1.54, 1.807) is 43.5 Å². The third-order valence-electron chi connectivity index (χ3n) is 3.97. The van der Waals surface area contributed by atoms with Gasteiger partial charge in [-0.3, -0.25) is 9.59 Å². The Morgan fingerprint density at radius 3 is 2.44 bits per heavy atom. The average Bonchev–Trinajstić information content (AvgIpc) is 2.67. The lowest BCUT2D eigenvalue weighted by Gasteiger charge is -2.14. The maximum Gasteiger partial charge on any atom is 0.259 e. The van der Waals surface area contributed by atoms with Crippen LogP contribution < -0.4 is 20.1 Å². The Bertz CT molecular complexity index is 818. The fourth-order valence-corrected chi connectivity index (χ4v) is 2.55. The van der Waals surface area contributed by atoms with Gasteiger partial charge in [-0.25, -0.2) is 0 Å². The zero-order valence-electron chi connectivity index (χ0n) is 16.2. The van der Waals surface area contributed by atoms with E-state index < -0.39 is 0 Å². The standard InChI is InChI=1S/C21H26N2O4/c1-5-11-27-19-13-16(26-4)8-9-17(19)21(25)23-18-10-7-15(12-14(18)3)20(24)22-6-2/h7-10,12-13H,5-6,11H2,1-4H3,(H,22,24)(H,23,25). The van der Waals surface area contributed by atoms with E-state index in [9.17, 15) is 9.59 Å². The van der Waals surface area contributed by atoms with Crippen molar-refractivity contribution in [2.45, 2.75) is 27.2 Å². The molecule has 2 N–H and O–H groups in total. The van der Waals surface area contributed by atoms with Crippen molar-refractivity contribution in [3.8, 4) is 11.5 Å². The molecule has 2 aromatic carbocycles. The third kappa shape index (κ3) is 5.23. The van der Waals surface area contributed by atoms with Crippen LogP contribution in [0.1, 0.15) is 46.5 Å². The van der Waals surface area contributed by atoms with E-state index in [1.807, 2.05) is 20.8 Å². The average molecular weight is 370 g/mol. The fourth-order valence-electron chi connectivity index (χ4n) is 2.55. The molecule has 0 unspecified atom stereocenters. The summed E-state index contributed by atoms with van der Waals surface area (Å²) >= 11 is 0. The number of nitrogens with one attached hydrogen (secondary N) is 2. The van der Waals surface area contributed by atoms with Crippen LogP contribution in [0.15, 0.2) is 36.4 Å². The Morgan fingerprint density at radius 1 is 1.04 bits per heavy atom. The lowest BCUT2D eigenvalue weighted by atomic mass is 10.1. The SMILES string of the molecule is CCCOc1cc(OC)ccc1C(=O)Nc1ccc(C(=O)NCC)cc1C. The number of anilines is 1. The molecule has 0 aliphatic heterocycles. The van der Waals surface area contributed by atoms with Gasteiger partial charge in [0.15, 0.2) is 0 Å². The molecule has 0 fully saturated rings. The van der Waals surface area contributed by atoms with Crippen LogP contribution in [0.5, 0.6) is 11.5 Å². The molecular weight excluding hydrogens is 344 g/mol. The fraction of sp³-hybridized carbons (Fsp3) is 0.333. The largest absolute Gasteiger partial charge is 0.497 e. The van der Waals surface area contributed by atoms with Gasteiger partial charge in [0.25, 0.3) is 11.8 Å². The van der Waals surface area contributed by atoms with Gasteiger partial charge in [0.1, 0.15) is 11.5 Å². The summed E-state index contributed by atoms with van der Waals surface area (Å²) in [5, 5.41) is 5.65. The van der Waals surface area contributed by atoms with Crippen molar-refractivity contribution in [2.75, 3.05) is 25.6 Å². The minimum Gasteiger partial charge on any atom is -0.497 e. The van der Waals surface area contributed by atoms with Crippen LogP contribution in [-0.2, 0) is 0 Å². The number of methoxy groups -OCH3 is 1. The number of aryl methyl sites for hydroxylation is 1. The van der Waals surface area contributed by atoms with Gasteiger partial charge in [-0.1, -0.05) is 6.92 Å². The van der Waals surface area contributed by atoms with E-state index >= 15 is 0 Å². The highest BCUT2D eigenvalue weighted by Gasteiger charge is 2.16. The quantitative estimate of drug-likeness (QED) is 0.741. The highest BCUT2D eigenvalue weighted by Crippen LogP contribution is 2.27. The van der Waals surface area contributed by atoms with Crippen molar-refractivity contribution < 1.29 is 19.1 Å². The van der Waals surface area contributed by atoms with E-state index in [-0.39, 0.29) is 11.8 Å². The molecule has 0 saturated heterocycles. The maximum atomic E-state index is 12.8. The second-order valence-electron chi connectivity index (χ2n) is 6.05. The first-order valence-electron chi connectivity index (χ1n) is 9.01. The van der Waals surface area contributed by atoms with Crippen LogP contribution in [0.4, 0.5) is 5.69 Å². The number of benzene rings is 2. The zero-order valence-corrected chi connectivity index (χ0v) is 16.2. The summed E-state index contributed by atoms with van der Waals surface area (Å²) in [7, 11) is 1.57. The smallest absolute Gasteiger partial charge is 0.259 e. The second kappa shape index (κ2) is 9.62. The molecule has 0 atom stereocenters. The van der Waals surface area contributed by atoms with Gasteiger partial charge in [0.05, 0.1) is 19.3 Å². The van der Waals surface area contributed by atoms with Gasteiger partial charge in [-0.15, -0.1) is 0 Å². The van der Waals surface area contributed by atoms with Crippen molar-refractivity contribution in [1.29, 1.82) is 0 Å². The minimum atomic E-state index is -0.280. The second-order valence-corrected chi connectivity index (χ2v) is 6.05. The molecule has 2 rings (SSSR count). The molecule has 0 aliphatic carbocycles. The van der Waals surface area contributed by atoms with Gasteiger partial charge in [-0.05, 0) is 56.2 Å². The molecule has 6 nitrogen and oxygen atoms in total.